The predicted octanol–water partition coefficient (Wildman–Crippen LogP) is 2.21. The number of rotatable bonds is 3. The number of nitrogens with one attached hydrogen (secondary N) is 4. The third-order valence-corrected chi connectivity index (χ3v) is 12.0. The molecule has 1 unspecified atom stereocenters. The van der Waals surface area contributed by atoms with Crippen LogP contribution in [0.15, 0.2) is 29.3 Å². The molecule has 2 aromatic heterocycles. The van der Waals surface area contributed by atoms with Gasteiger partial charge in [0.25, 0.3) is 5.56 Å². The second kappa shape index (κ2) is 13.9. The summed E-state index contributed by atoms with van der Waals surface area (Å²) in [5, 5.41) is 21.3. The highest BCUT2D eigenvalue weighted by Crippen LogP contribution is 2.58. The van der Waals surface area contributed by atoms with Gasteiger partial charge < -0.3 is 49.3 Å². The number of aryl methyl sites for hydroxylation is 2. The number of aromatic hydroxyl groups is 1. The van der Waals surface area contributed by atoms with Gasteiger partial charge in [-0.2, -0.15) is 4.98 Å². The fraction of sp³-hybridized carbons (Fsp3) is 0.462. The number of likely N-dealkylation sites (N-methyl/N-ethyl adjacent to an activating group) is 1. The van der Waals surface area contributed by atoms with Crippen LogP contribution < -0.4 is 40.5 Å². The van der Waals surface area contributed by atoms with Crippen LogP contribution in [-0.2, 0) is 29.4 Å². The highest BCUT2D eigenvalue weighted by Gasteiger charge is 2.57. The van der Waals surface area contributed by atoms with Crippen LogP contribution >= 0.6 is 0 Å². The molecule has 57 heavy (non-hydrogen) atoms. The molecule has 18 nitrogen and oxygen atoms in total. The first-order valence-electron chi connectivity index (χ1n) is 19.0. The minimum atomic E-state index is -0.921. The summed E-state index contributed by atoms with van der Waals surface area (Å²) in [6, 6.07) is -0.425. The molecule has 0 saturated carbocycles. The molecule has 0 radical (unpaired) electrons. The van der Waals surface area contributed by atoms with E-state index in [0.29, 0.717) is 41.5 Å². The van der Waals surface area contributed by atoms with Gasteiger partial charge in [0.2, 0.25) is 18.6 Å². The number of piperazine rings is 1. The van der Waals surface area contributed by atoms with E-state index in [1.807, 2.05) is 20.9 Å². The summed E-state index contributed by atoms with van der Waals surface area (Å²) in [4.78, 5) is 56.2. The molecule has 4 aromatic rings. The van der Waals surface area contributed by atoms with Gasteiger partial charge in [0.1, 0.15) is 25.0 Å². The number of carbonyl (C=O) groups is 2. The third kappa shape index (κ3) is 5.79. The number of amides is 2. The first kappa shape index (κ1) is 36.6. The number of H-pyrrole nitrogens is 1. The van der Waals surface area contributed by atoms with Crippen molar-refractivity contribution < 1.29 is 38.4 Å². The number of cyclic esters (lactones) is 1. The van der Waals surface area contributed by atoms with Crippen LogP contribution in [0.25, 0.3) is 11.2 Å². The SMILES string of the molecule is COc1c(C)cc2c(c1O)[C@@H]1[C@@H]3Cc4c5c(C)c6c(c4C(CNC(=O)[C@H](C)NC(=O)OC/C=C/CO5)N3[C@H](Nc3nc4c(ncn4C)c(=O)[nH]3)[C@H](C2)N1C)OCO6. The summed E-state index contributed by atoms with van der Waals surface area (Å²) in [7, 11) is 5.37. The molecule has 5 N–H and O–H groups in total. The van der Waals surface area contributed by atoms with E-state index >= 15 is 0 Å². The molecule has 1 fully saturated rings. The highest BCUT2D eigenvalue weighted by molar-refractivity contribution is 5.85. The van der Waals surface area contributed by atoms with Gasteiger partial charge in [-0.25, -0.2) is 9.78 Å². The van der Waals surface area contributed by atoms with Crippen molar-refractivity contribution in [3.63, 3.8) is 0 Å². The fourth-order valence-corrected chi connectivity index (χ4v) is 9.49. The summed E-state index contributed by atoms with van der Waals surface area (Å²) < 4.78 is 31.7. The van der Waals surface area contributed by atoms with E-state index in [1.165, 1.54) is 0 Å². The van der Waals surface area contributed by atoms with Gasteiger partial charge in [-0.1, -0.05) is 6.07 Å². The molecule has 300 valence electrons. The molecule has 6 atom stereocenters. The molecule has 5 aliphatic heterocycles. The smallest absolute Gasteiger partial charge is 0.408 e. The lowest BCUT2D eigenvalue weighted by Crippen LogP contribution is -2.71. The number of aromatic amines is 1. The number of carbonyl (C=O) groups excluding carboxylic acids is 2. The van der Waals surface area contributed by atoms with Crippen LogP contribution in [0.4, 0.5) is 10.7 Å². The third-order valence-electron chi connectivity index (χ3n) is 12.0. The largest absolute Gasteiger partial charge is 0.504 e. The molecule has 6 bridgehead atoms. The van der Waals surface area contributed by atoms with Crippen LogP contribution in [0.3, 0.4) is 0 Å². The number of imidazole rings is 1. The number of benzene rings is 2. The molecule has 18 heteroatoms. The topological polar surface area (TPSA) is 207 Å². The fourth-order valence-electron chi connectivity index (χ4n) is 9.49. The predicted molar refractivity (Wildman–Crippen MR) is 205 cm³/mol. The zero-order chi connectivity index (χ0) is 39.9. The first-order valence-corrected chi connectivity index (χ1v) is 19.0. The second-order valence-electron chi connectivity index (χ2n) is 15.2. The van der Waals surface area contributed by atoms with Crippen LogP contribution in [0.5, 0.6) is 28.7 Å². The second-order valence-corrected chi connectivity index (χ2v) is 15.2. The number of hydrogen-bond acceptors (Lipinski definition) is 14. The van der Waals surface area contributed by atoms with E-state index in [9.17, 15) is 19.5 Å². The summed E-state index contributed by atoms with van der Waals surface area (Å²) in [6.45, 7) is 5.68. The number of aromatic nitrogens is 4. The molecule has 2 amide bonds. The van der Waals surface area contributed by atoms with E-state index in [1.54, 1.807) is 44.1 Å². The van der Waals surface area contributed by atoms with E-state index in [2.05, 4.69) is 41.8 Å². The van der Waals surface area contributed by atoms with Crippen molar-refractivity contribution in [3.8, 4) is 28.7 Å². The van der Waals surface area contributed by atoms with E-state index in [0.717, 1.165) is 33.4 Å². The Labute approximate surface area is 327 Å². The Morgan fingerprint density at radius 2 is 1.75 bits per heavy atom. The van der Waals surface area contributed by atoms with Crippen molar-refractivity contribution in [2.45, 2.75) is 70.0 Å². The maximum absolute atomic E-state index is 13.8. The van der Waals surface area contributed by atoms with Gasteiger partial charge in [0.15, 0.2) is 34.2 Å². The number of anilines is 1. The Hall–Kier alpha value is -6.01. The summed E-state index contributed by atoms with van der Waals surface area (Å²) >= 11 is 0. The monoisotopic (exact) mass is 783 g/mol. The van der Waals surface area contributed by atoms with E-state index in [-0.39, 0.29) is 67.5 Å². The normalized spacial score (nSPS) is 26.4. The van der Waals surface area contributed by atoms with Gasteiger partial charge in [-0.05, 0) is 63.9 Å². The molecule has 1 saturated heterocycles. The van der Waals surface area contributed by atoms with Crippen LogP contribution in [0, 0.1) is 13.8 Å². The lowest BCUT2D eigenvalue weighted by molar-refractivity contribution is -0.124. The number of hydrogen-bond donors (Lipinski definition) is 5. The van der Waals surface area contributed by atoms with E-state index in [4.69, 9.17) is 28.7 Å². The van der Waals surface area contributed by atoms with Crippen molar-refractivity contribution in [2.24, 2.45) is 7.05 Å². The zero-order valence-electron chi connectivity index (χ0n) is 32.5. The summed E-state index contributed by atoms with van der Waals surface area (Å²) in [6.07, 6.45) is 4.68. The average molecular weight is 784 g/mol. The minimum absolute atomic E-state index is 0.000806. The van der Waals surface area contributed by atoms with Crippen molar-refractivity contribution in [2.75, 3.05) is 46.0 Å². The molecule has 0 aliphatic carbocycles. The molecular formula is C39H45N9O9. The Bertz CT molecular complexity index is 2410. The Kier molecular flexibility index (Phi) is 8.91. The highest BCUT2D eigenvalue weighted by atomic mass is 16.7. The quantitative estimate of drug-likeness (QED) is 0.189. The number of ether oxygens (including phenoxy) is 5. The maximum Gasteiger partial charge on any atom is 0.408 e. The van der Waals surface area contributed by atoms with Crippen LogP contribution in [0.1, 0.15) is 52.4 Å². The standard InChI is InChI=1S/C39H45N9O9/c1-17-11-20-12-23-34(43-38-44-35-27(37(51)45-38)41-15-46(35)4)48-22(28(47(23)5)25(20)29(49)30(17)53-6)13-21-26-24(48)14-40-36(50)19(3)42-39(52)55-10-8-7-9-54-31(21)18(2)32-33(26)57-16-56-32/h7-8,11,15,19,22-24,28,34,49H,9-10,12-14,16H2,1-6H3,(H,40,50)(H,42,52)(H2,43,44,45,51)/b8-7+/t19-,22-,23-,24?,28-,34-/m0/s1. The van der Waals surface area contributed by atoms with Crippen molar-refractivity contribution in [3.05, 3.63) is 68.3 Å². The number of alkyl carbamates (subject to hydrolysis) is 1. The maximum atomic E-state index is 13.8. The van der Waals surface area contributed by atoms with Crippen molar-refractivity contribution >= 4 is 29.1 Å². The van der Waals surface area contributed by atoms with E-state index < -0.39 is 30.2 Å². The zero-order valence-corrected chi connectivity index (χ0v) is 32.5. The molecule has 5 aliphatic rings. The van der Waals surface area contributed by atoms with Crippen LogP contribution in [0.2, 0.25) is 0 Å². The molecular weight excluding hydrogens is 738 g/mol. The number of methoxy groups -OCH3 is 1. The Morgan fingerprint density at radius 1 is 0.982 bits per heavy atom. The number of phenols is 1. The Morgan fingerprint density at radius 3 is 2.54 bits per heavy atom. The van der Waals surface area contributed by atoms with Gasteiger partial charge >= 0.3 is 6.09 Å². The molecule has 9 rings (SSSR count). The van der Waals surface area contributed by atoms with Gasteiger partial charge in [0.05, 0.1) is 31.7 Å². The summed E-state index contributed by atoms with van der Waals surface area (Å²) in [5.74, 6) is 2.06. The molecule has 0 spiro atoms. The van der Waals surface area contributed by atoms with Gasteiger partial charge in [-0.3, -0.25) is 24.4 Å². The molecule has 7 heterocycles. The summed E-state index contributed by atoms with van der Waals surface area (Å²) in [5.41, 5.74) is 5.24. The first-order chi connectivity index (χ1) is 27.5. The minimum Gasteiger partial charge on any atom is -0.504 e. The van der Waals surface area contributed by atoms with Crippen molar-refractivity contribution in [1.29, 1.82) is 0 Å². The number of nitrogens with zero attached hydrogens (tertiary/aromatic N) is 5. The lowest BCUT2D eigenvalue weighted by atomic mass is 9.72. The van der Waals surface area contributed by atoms with Crippen molar-refractivity contribution in [1.82, 2.24) is 40.0 Å². The Balaban J connectivity index is 1.27. The average Bonchev–Trinajstić information content (AvgIpc) is 3.82. The van der Waals surface area contributed by atoms with Gasteiger partial charge in [0, 0.05) is 47.9 Å². The number of phenolic OH excluding ortho intramolecular Hbond substituents is 1. The van der Waals surface area contributed by atoms with Crippen LogP contribution in [-0.4, -0.2) is 111 Å². The lowest BCUT2D eigenvalue weighted by Gasteiger charge is -2.61. The molecule has 2 aromatic carbocycles. The van der Waals surface area contributed by atoms with Gasteiger partial charge in [-0.15, -0.1) is 0 Å². The number of fused-ring (bicyclic) bond motifs is 9.